The van der Waals surface area contributed by atoms with Gasteiger partial charge in [-0.2, -0.15) is 0 Å². The Hall–Kier alpha value is -9.04. The second-order valence-electron chi connectivity index (χ2n) is 18.7. The lowest BCUT2D eigenvalue weighted by Crippen LogP contribution is -2.10. The summed E-state index contributed by atoms with van der Waals surface area (Å²) in [5.41, 5.74) is 15.6. The maximum atomic E-state index is 2.44. The first-order chi connectivity index (χ1) is 35.1. The van der Waals surface area contributed by atoms with E-state index < -0.39 is 0 Å². The number of benzene rings is 13. The molecule has 0 N–H and O–H groups in total. The fourth-order valence-corrected chi connectivity index (χ4v) is 11.5. The van der Waals surface area contributed by atoms with Crippen LogP contribution < -0.4 is 4.90 Å². The monoisotopic (exact) mass is 903 g/mol. The topological polar surface area (TPSA) is 3.24 Å². The molecule has 334 valence electrons. The molecule has 0 saturated heterocycles. The summed E-state index contributed by atoms with van der Waals surface area (Å²) in [6.07, 6.45) is 4.41. The summed E-state index contributed by atoms with van der Waals surface area (Å²) in [7, 11) is 0. The van der Waals surface area contributed by atoms with Gasteiger partial charge >= 0.3 is 0 Å². The highest BCUT2D eigenvalue weighted by atomic mass is 15.1. The molecule has 0 aromatic heterocycles. The van der Waals surface area contributed by atoms with E-state index in [1.165, 1.54) is 120 Å². The molecule has 0 bridgehead atoms. The van der Waals surface area contributed by atoms with Crippen LogP contribution in [-0.4, -0.2) is 0 Å². The van der Waals surface area contributed by atoms with E-state index in [-0.39, 0.29) is 0 Å². The zero-order chi connectivity index (χ0) is 47.4. The molecule has 0 atom stereocenters. The predicted molar refractivity (Wildman–Crippen MR) is 307 cm³/mol. The van der Waals surface area contributed by atoms with Crippen LogP contribution in [0.2, 0.25) is 0 Å². The lowest BCUT2D eigenvalue weighted by molar-refractivity contribution is 1.29. The number of hydrogen-bond acceptors (Lipinski definition) is 1. The summed E-state index contributed by atoms with van der Waals surface area (Å²) in [5.74, 6) is 0. The number of para-hydroxylation sites is 1. The quantitative estimate of drug-likeness (QED) is 0.137. The van der Waals surface area contributed by atoms with Crippen LogP contribution in [0.4, 0.5) is 17.1 Å². The van der Waals surface area contributed by atoms with Crippen LogP contribution in [0.5, 0.6) is 0 Å². The van der Waals surface area contributed by atoms with Crippen LogP contribution in [0, 0.1) is 6.92 Å². The van der Waals surface area contributed by atoms with Crippen molar-refractivity contribution < 1.29 is 0 Å². The molecule has 0 fully saturated rings. The van der Waals surface area contributed by atoms with Crippen LogP contribution in [0.25, 0.3) is 115 Å². The second-order valence-corrected chi connectivity index (χ2v) is 18.7. The Balaban J connectivity index is 1.06. The molecule has 0 amide bonds. The Bertz CT molecular complexity index is 4200. The molecule has 0 saturated carbocycles. The van der Waals surface area contributed by atoms with Gasteiger partial charge in [0.25, 0.3) is 0 Å². The summed E-state index contributed by atoms with van der Waals surface area (Å²) in [5, 5.41) is 14.8. The highest BCUT2D eigenvalue weighted by Crippen LogP contribution is 2.49. The predicted octanol–water partition coefficient (Wildman–Crippen LogP) is 20.1. The van der Waals surface area contributed by atoms with Crippen molar-refractivity contribution in [3.05, 3.63) is 266 Å². The van der Waals surface area contributed by atoms with Gasteiger partial charge in [0.2, 0.25) is 0 Å². The maximum Gasteiger partial charge on any atom is 0.0468 e. The number of nitrogens with zero attached hydrogens (tertiary/aromatic N) is 1. The molecule has 1 nitrogen and oxygen atoms in total. The molecule has 71 heavy (non-hydrogen) atoms. The minimum Gasteiger partial charge on any atom is -0.310 e. The fourth-order valence-electron chi connectivity index (χ4n) is 11.5. The second kappa shape index (κ2) is 17.5. The minimum atomic E-state index is 1.09. The average molecular weight is 904 g/mol. The Morgan fingerprint density at radius 1 is 0.296 bits per heavy atom. The molecule has 13 aromatic rings. The zero-order valence-electron chi connectivity index (χ0n) is 39.8. The van der Waals surface area contributed by atoms with E-state index in [2.05, 4.69) is 280 Å². The van der Waals surface area contributed by atoms with Crippen molar-refractivity contribution in [1.82, 2.24) is 0 Å². The fraction of sp³-hybridized carbons (Fsp3) is 0.0286. The van der Waals surface area contributed by atoms with Crippen molar-refractivity contribution in [1.29, 1.82) is 0 Å². The largest absolute Gasteiger partial charge is 0.310 e. The summed E-state index contributed by atoms with van der Waals surface area (Å²) < 4.78 is 0. The standard InChI is InChI=1S/C70H49N/c1-3-19-57-46(2)20-17-35-58(57)70-63-33-15-13-31-61(63)67(62-32-14-16-34-64(62)70)51-25-18-28-55(44-51)71(54-26-5-4-6-27-54)56-40-41-65-66(45-56)69(53-39-37-48-22-8-10-24-50(48)43-53)60-30-12-11-29-59(60)68(65)52-38-36-47-21-7-9-23-49(47)42-52/h3-45H,1-2H3/b19-3-. The van der Waals surface area contributed by atoms with Crippen molar-refractivity contribution in [2.45, 2.75) is 13.8 Å². The summed E-state index contributed by atoms with van der Waals surface area (Å²) in [6, 6.07) is 92.1. The lowest BCUT2D eigenvalue weighted by atomic mass is 9.84. The molecule has 0 heterocycles. The third-order valence-corrected chi connectivity index (χ3v) is 14.6. The third kappa shape index (κ3) is 7.17. The summed E-state index contributed by atoms with van der Waals surface area (Å²) in [6.45, 7) is 4.32. The first-order valence-electron chi connectivity index (χ1n) is 24.7. The van der Waals surface area contributed by atoms with Gasteiger partial charge in [-0.3, -0.25) is 0 Å². The van der Waals surface area contributed by atoms with Gasteiger partial charge in [0.15, 0.2) is 0 Å². The zero-order valence-corrected chi connectivity index (χ0v) is 39.8. The number of fused-ring (bicyclic) bond motifs is 6. The molecule has 0 spiro atoms. The maximum absolute atomic E-state index is 2.44. The van der Waals surface area contributed by atoms with Crippen molar-refractivity contribution in [3.8, 4) is 44.5 Å². The average Bonchev–Trinajstić information content (AvgIpc) is 3.42. The molecule has 0 aliphatic rings. The van der Waals surface area contributed by atoms with E-state index in [1.807, 2.05) is 0 Å². The van der Waals surface area contributed by atoms with Gasteiger partial charge in [-0.1, -0.05) is 212 Å². The summed E-state index contributed by atoms with van der Waals surface area (Å²) in [4.78, 5) is 2.44. The van der Waals surface area contributed by atoms with Crippen LogP contribution in [-0.2, 0) is 0 Å². The number of rotatable bonds is 8. The minimum absolute atomic E-state index is 1.09. The van der Waals surface area contributed by atoms with E-state index in [1.54, 1.807) is 0 Å². The van der Waals surface area contributed by atoms with Crippen molar-refractivity contribution in [2.75, 3.05) is 4.90 Å². The Morgan fingerprint density at radius 3 is 1.30 bits per heavy atom. The van der Waals surface area contributed by atoms with Crippen LogP contribution in [0.15, 0.2) is 255 Å². The van der Waals surface area contributed by atoms with Crippen molar-refractivity contribution in [2.24, 2.45) is 0 Å². The lowest BCUT2D eigenvalue weighted by Gasteiger charge is -2.27. The highest BCUT2D eigenvalue weighted by molar-refractivity contribution is 6.24. The smallest absolute Gasteiger partial charge is 0.0468 e. The normalized spacial score (nSPS) is 11.7. The van der Waals surface area contributed by atoms with Gasteiger partial charge in [0.05, 0.1) is 0 Å². The van der Waals surface area contributed by atoms with Crippen LogP contribution in [0.3, 0.4) is 0 Å². The molecule has 13 rings (SSSR count). The van der Waals surface area contributed by atoms with Gasteiger partial charge < -0.3 is 4.90 Å². The molecule has 1 heteroatoms. The van der Waals surface area contributed by atoms with E-state index in [4.69, 9.17) is 0 Å². The van der Waals surface area contributed by atoms with Crippen molar-refractivity contribution >= 4 is 87.8 Å². The van der Waals surface area contributed by atoms with E-state index in [9.17, 15) is 0 Å². The molecule has 13 aromatic carbocycles. The van der Waals surface area contributed by atoms with Gasteiger partial charge in [0, 0.05) is 17.1 Å². The van der Waals surface area contributed by atoms with E-state index >= 15 is 0 Å². The SMILES string of the molecule is C/C=C\c1c(C)cccc1-c1c2ccccc2c(-c2cccc(N(c3ccccc3)c3ccc4c(-c5ccc6ccccc6c5)c5ccccc5c(-c5ccc6ccccc6c5)c4c3)c2)c2ccccc12. The summed E-state index contributed by atoms with van der Waals surface area (Å²) >= 11 is 0. The van der Waals surface area contributed by atoms with E-state index in [0.717, 1.165) is 17.1 Å². The first-order valence-corrected chi connectivity index (χ1v) is 24.7. The van der Waals surface area contributed by atoms with Gasteiger partial charge in [-0.25, -0.2) is 0 Å². The Kier molecular flexibility index (Phi) is 10.4. The number of allylic oxidation sites excluding steroid dienone is 1. The van der Waals surface area contributed by atoms with Crippen molar-refractivity contribution in [3.63, 3.8) is 0 Å². The van der Waals surface area contributed by atoms with Gasteiger partial charge in [-0.15, -0.1) is 0 Å². The molecule has 0 aliphatic carbocycles. The molecular formula is C70H49N. The molecular weight excluding hydrogens is 855 g/mol. The number of aryl methyl sites for hydroxylation is 1. The Morgan fingerprint density at radius 2 is 0.732 bits per heavy atom. The first kappa shape index (κ1) is 42.1. The highest BCUT2D eigenvalue weighted by Gasteiger charge is 2.23. The Labute approximate surface area is 414 Å². The number of anilines is 3. The van der Waals surface area contributed by atoms with Gasteiger partial charge in [-0.05, 0) is 183 Å². The van der Waals surface area contributed by atoms with Crippen LogP contribution in [0.1, 0.15) is 18.1 Å². The molecule has 0 aliphatic heterocycles. The van der Waals surface area contributed by atoms with E-state index in [0.29, 0.717) is 0 Å². The van der Waals surface area contributed by atoms with Gasteiger partial charge in [0.1, 0.15) is 0 Å². The molecule has 0 radical (unpaired) electrons. The van der Waals surface area contributed by atoms with Crippen LogP contribution >= 0.6 is 0 Å². The third-order valence-electron chi connectivity index (χ3n) is 14.6. The molecule has 0 unspecified atom stereocenters. The number of hydrogen-bond donors (Lipinski definition) is 0.